The van der Waals surface area contributed by atoms with Crippen molar-refractivity contribution in [1.29, 1.82) is 0 Å². The van der Waals surface area contributed by atoms with E-state index < -0.39 is 0 Å². The Morgan fingerprint density at radius 1 is 1.20 bits per heavy atom. The summed E-state index contributed by atoms with van der Waals surface area (Å²) >= 11 is 0. The predicted molar refractivity (Wildman–Crippen MR) is 97.2 cm³/mol. The van der Waals surface area contributed by atoms with E-state index in [2.05, 4.69) is 0 Å². The van der Waals surface area contributed by atoms with E-state index in [0.29, 0.717) is 37.3 Å². The zero-order valence-corrected chi connectivity index (χ0v) is 14.8. The lowest BCUT2D eigenvalue weighted by atomic mass is 9.95. The van der Waals surface area contributed by atoms with E-state index in [1.54, 1.807) is 13.0 Å². The number of likely N-dealkylation sites (tertiary alicyclic amines) is 1. The molecule has 1 amide bonds. The second kappa shape index (κ2) is 7.68. The number of rotatable bonds is 6. The minimum absolute atomic E-state index is 0.213. The molecule has 25 heavy (non-hydrogen) atoms. The van der Waals surface area contributed by atoms with Crippen molar-refractivity contribution in [1.82, 2.24) is 4.90 Å². The van der Waals surface area contributed by atoms with Gasteiger partial charge in [-0.25, -0.2) is 4.39 Å². The highest BCUT2D eigenvalue weighted by atomic mass is 19.1. The summed E-state index contributed by atoms with van der Waals surface area (Å²) in [7, 11) is 0. The van der Waals surface area contributed by atoms with Gasteiger partial charge in [0.1, 0.15) is 0 Å². The first-order valence-electron chi connectivity index (χ1n) is 8.83. The Bertz CT molecular complexity index is 758. The van der Waals surface area contributed by atoms with Crippen LogP contribution in [-0.4, -0.2) is 30.5 Å². The van der Waals surface area contributed by atoms with Gasteiger partial charge in [-0.15, -0.1) is 0 Å². The van der Waals surface area contributed by atoms with Crippen molar-refractivity contribution in [3.63, 3.8) is 0 Å². The predicted octanol–water partition coefficient (Wildman–Crippen LogP) is 4.50. The molecule has 3 rings (SSSR count). The van der Waals surface area contributed by atoms with Crippen LogP contribution in [0, 0.1) is 19.7 Å². The van der Waals surface area contributed by atoms with Crippen LogP contribution in [0.1, 0.15) is 30.4 Å². The van der Waals surface area contributed by atoms with Gasteiger partial charge in [0.25, 0.3) is 0 Å². The fourth-order valence-corrected chi connectivity index (χ4v) is 3.45. The summed E-state index contributed by atoms with van der Waals surface area (Å²) in [5, 5.41) is 0. The molecule has 1 fully saturated rings. The minimum Gasteiger partial charge on any atom is -0.490 e. The lowest BCUT2D eigenvalue weighted by molar-refractivity contribution is -0.127. The lowest BCUT2D eigenvalue weighted by Gasteiger charge is -2.17. The first kappa shape index (κ1) is 17.5. The van der Waals surface area contributed by atoms with Gasteiger partial charge in [-0.05, 0) is 55.0 Å². The molecule has 0 atom stereocenters. The molecule has 4 heteroatoms. The highest BCUT2D eigenvalue weighted by Crippen LogP contribution is 2.34. The third-order valence-electron chi connectivity index (χ3n) is 4.73. The van der Waals surface area contributed by atoms with Crippen molar-refractivity contribution in [3.05, 3.63) is 53.3 Å². The number of benzene rings is 2. The average molecular weight is 341 g/mol. The Morgan fingerprint density at radius 3 is 2.64 bits per heavy atom. The number of hydrogen-bond acceptors (Lipinski definition) is 2. The number of amides is 1. The van der Waals surface area contributed by atoms with Gasteiger partial charge in [0.05, 0.1) is 6.61 Å². The number of halogens is 1. The van der Waals surface area contributed by atoms with Crippen LogP contribution in [0.4, 0.5) is 4.39 Å². The van der Waals surface area contributed by atoms with Crippen LogP contribution < -0.4 is 4.74 Å². The van der Waals surface area contributed by atoms with Crippen LogP contribution in [0.25, 0.3) is 11.1 Å². The van der Waals surface area contributed by atoms with E-state index in [1.807, 2.05) is 42.2 Å². The number of aryl methyl sites for hydroxylation is 1. The third kappa shape index (κ3) is 3.84. The smallest absolute Gasteiger partial charge is 0.222 e. The van der Waals surface area contributed by atoms with E-state index in [-0.39, 0.29) is 11.7 Å². The molecule has 132 valence electrons. The molecular formula is C21H24FNO2. The molecule has 0 bridgehead atoms. The molecule has 0 spiro atoms. The molecule has 1 saturated heterocycles. The summed E-state index contributed by atoms with van der Waals surface area (Å²) in [6.07, 6.45) is 2.30. The normalized spacial score (nSPS) is 14.2. The Balaban J connectivity index is 1.67. The van der Waals surface area contributed by atoms with Crippen molar-refractivity contribution in [3.8, 4) is 16.9 Å². The van der Waals surface area contributed by atoms with Crippen molar-refractivity contribution in [2.24, 2.45) is 0 Å². The Kier molecular flexibility index (Phi) is 5.37. The monoisotopic (exact) mass is 341 g/mol. The van der Waals surface area contributed by atoms with Crippen molar-refractivity contribution < 1.29 is 13.9 Å². The second-order valence-electron chi connectivity index (χ2n) is 6.56. The lowest BCUT2D eigenvalue weighted by Crippen LogP contribution is -2.26. The number of ether oxygens (including phenoxy) is 1. The maximum Gasteiger partial charge on any atom is 0.222 e. The van der Waals surface area contributed by atoms with Gasteiger partial charge in [-0.1, -0.05) is 30.3 Å². The van der Waals surface area contributed by atoms with E-state index in [1.165, 1.54) is 0 Å². The van der Waals surface area contributed by atoms with Gasteiger partial charge in [0.2, 0.25) is 5.91 Å². The minimum atomic E-state index is -0.304. The second-order valence-corrected chi connectivity index (χ2v) is 6.56. The van der Waals surface area contributed by atoms with E-state index in [0.717, 1.165) is 29.7 Å². The quantitative estimate of drug-likeness (QED) is 0.724. The zero-order chi connectivity index (χ0) is 17.8. The molecule has 1 heterocycles. The standard InChI is InChI=1S/C21H24FNO2/c1-15-14-18(25-13-7-12-23-11-6-10-19(23)24)21(22)16(2)20(15)17-8-4-3-5-9-17/h3-5,8-9,14H,6-7,10-13H2,1-2H3. The van der Waals surface area contributed by atoms with Gasteiger partial charge >= 0.3 is 0 Å². The summed E-state index contributed by atoms with van der Waals surface area (Å²) < 4.78 is 20.4. The Hall–Kier alpha value is -2.36. The van der Waals surface area contributed by atoms with Crippen molar-refractivity contribution >= 4 is 5.91 Å². The fourth-order valence-electron chi connectivity index (χ4n) is 3.45. The summed E-state index contributed by atoms with van der Waals surface area (Å²) in [4.78, 5) is 13.4. The average Bonchev–Trinajstić information content (AvgIpc) is 3.02. The maximum absolute atomic E-state index is 14.7. The van der Waals surface area contributed by atoms with Crippen LogP contribution in [0.15, 0.2) is 36.4 Å². The molecular weight excluding hydrogens is 317 g/mol. The SMILES string of the molecule is Cc1cc(OCCCN2CCCC2=O)c(F)c(C)c1-c1ccccc1. The first-order chi connectivity index (χ1) is 12.1. The molecule has 0 aliphatic carbocycles. The van der Waals surface area contributed by atoms with Crippen LogP contribution >= 0.6 is 0 Å². The van der Waals surface area contributed by atoms with Gasteiger partial charge < -0.3 is 9.64 Å². The van der Waals surface area contributed by atoms with Crippen molar-refractivity contribution in [2.45, 2.75) is 33.1 Å². The first-order valence-corrected chi connectivity index (χ1v) is 8.83. The van der Waals surface area contributed by atoms with Crippen molar-refractivity contribution in [2.75, 3.05) is 19.7 Å². The van der Waals surface area contributed by atoms with E-state index in [4.69, 9.17) is 4.74 Å². The molecule has 0 aromatic heterocycles. The molecule has 2 aromatic rings. The fraction of sp³-hybridized carbons (Fsp3) is 0.381. The molecule has 1 aliphatic heterocycles. The van der Waals surface area contributed by atoms with Crippen LogP contribution in [0.3, 0.4) is 0 Å². The molecule has 0 radical (unpaired) electrons. The summed E-state index contributed by atoms with van der Waals surface area (Å²) in [5.74, 6) is 0.203. The largest absolute Gasteiger partial charge is 0.490 e. The highest BCUT2D eigenvalue weighted by Gasteiger charge is 2.19. The number of nitrogens with zero attached hydrogens (tertiary/aromatic N) is 1. The van der Waals surface area contributed by atoms with Gasteiger partial charge in [-0.3, -0.25) is 4.79 Å². The maximum atomic E-state index is 14.7. The van der Waals surface area contributed by atoms with Crippen LogP contribution in [-0.2, 0) is 4.79 Å². The summed E-state index contributed by atoms with van der Waals surface area (Å²) in [6, 6.07) is 11.6. The molecule has 1 aliphatic rings. The molecule has 0 N–H and O–H groups in total. The third-order valence-corrected chi connectivity index (χ3v) is 4.73. The van der Waals surface area contributed by atoms with E-state index >= 15 is 0 Å². The summed E-state index contributed by atoms with van der Waals surface area (Å²) in [5.41, 5.74) is 3.54. The number of carbonyl (C=O) groups is 1. The van der Waals surface area contributed by atoms with Gasteiger partial charge in [0, 0.05) is 19.5 Å². The Morgan fingerprint density at radius 2 is 1.96 bits per heavy atom. The zero-order valence-electron chi connectivity index (χ0n) is 14.8. The molecule has 3 nitrogen and oxygen atoms in total. The molecule has 0 saturated carbocycles. The number of carbonyl (C=O) groups excluding carboxylic acids is 1. The van der Waals surface area contributed by atoms with E-state index in [9.17, 15) is 9.18 Å². The Labute approximate surface area is 148 Å². The highest BCUT2D eigenvalue weighted by molar-refractivity contribution is 5.78. The summed E-state index contributed by atoms with van der Waals surface area (Å²) in [6.45, 7) is 5.69. The van der Waals surface area contributed by atoms with Gasteiger partial charge in [-0.2, -0.15) is 0 Å². The molecule has 0 unspecified atom stereocenters. The van der Waals surface area contributed by atoms with Gasteiger partial charge in [0.15, 0.2) is 11.6 Å². The van der Waals surface area contributed by atoms with Crippen LogP contribution in [0.5, 0.6) is 5.75 Å². The van der Waals surface area contributed by atoms with Crippen LogP contribution in [0.2, 0.25) is 0 Å². The molecule has 2 aromatic carbocycles. The number of hydrogen-bond donors (Lipinski definition) is 0. The topological polar surface area (TPSA) is 29.5 Å².